The first-order chi connectivity index (χ1) is 10.4. The van der Waals surface area contributed by atoms with E-state index in [0.717, 1.165) is 5.56 Å². The molecule has 2 aromatic rings. The Balaban J connectivity index is 1.86. The summed E-state index contributed by atoms with van der Waals surface area (Å²) in [6.45, 7) is 3.87. The van der Waals surface area contributed by atoms with Crippen LogP contribution in [0.3, 0.4) is 0 Å². The second-order valence-corrected chi connectivity index (χ2v) is 6.54. The van der Waals surface area contributed by atoms with Crippen molar-refractivity contribution in [3.8, 4) is 0 Å². The van der Waals surface area contributed by atoms with E-state index < -0.39 is 16.1 Å². The Hall–Kier alpha value is -2.35. The molecule has 2 rings (SSSR count). The number of hydrogen-bond donors (Lipinski definition) is 2. The molecule has 0 saturated heterocycles. The molecule has 1 heterocycles. The number of amides is 2. The summed E-state index contributed by atoms with van der Waals surface area (Å²) in [5, 5.41) is 6.24. The zero-order valence-electron chi connectivity index (χ0n) is 12.3. The summed E-state index contributed by atoms with van der Waals surface area (Å²) in [6, 6.07) is 7.20. The van der Waals surface area contributed by atoms with Gasteiger partial charge in [0.15, 0.2) is 0 Å². The Morgan fingerprint density at radius 2 is 1.91 bits per heavy atom. The lowest BCUT2D eigenvalue weighted by molar-refractivity contribution is 0.246. The van der Waals surface area contributed by atoms with E-state index in [4.69, 9.17) is 4.52 Å². The first kappa shape index (κ1) is 16.0. The van der Waals surface area contributed by atoms with Crippen molar-refractivity contribution in [2.45, 2.75) is 25.2 Å². The predicted molar refractivity (Wildman–Crippen MR) is 79.8 cm³/mol. The molecule has 118 valence electrons. The quantitative estimate of drug-likeness (QED) is 0.869. The van der Waals surface area contributed by atoms with Crippen LogP contribution in [0.25, 0.3) is 0 Å². The number of hydrogen-bond acceptors (Lipinski definition) is 5. The van der Waals surface area contributed by atoms with Crippen LogP contribution < -0.4 is 10.0 Å². The van der Waals surface area contributed by atoms with E-state index in [1.807, 2.05) is 11.6 Å². The van der Waals surface area contributed by atoms with Crippen LogP contribution in [0.15, 0.2) is 39.8 Å². The van der Waals surface area contributed by atoms with Crippen LogP contribution in [0.5, 0.6) is 0 Å². The first-order valence-corrected chi connectivity index (χ1v) is 8.14. The van der Waals surface area contributed by atoms with Crippen molar-refractivity contribution in [3.05, 3.63) is 47.3 Å². The molecule has 1 aromatic heterocycles. The summed E-state index contributed by atoms with van der Waals surface area (Å²) in [5.74, 6) is 0.682. The minimum atomic E-state index is -3.86. The Morgan fingerprint density at radius 3 is 2.50 bits per heavy atom. The zero-order chi connectivity index (χ0) is 16.2. The average molecular weight is 323 g/mol. The fourth-order valence-electron chi connectivity index (χ4n) is 1.77. The molecule has 1 aromatic carbocycles. The Bertz CT molecular complexity index is 751. The maximum absolute atomic E-state index is 12.0. The highest BCUT2D eigenvalue weighted by Crippen LogP contribution is 2.09. The van der Waals surface area contributed by atoms with E-state index in [2.05, 4.69) is 10.5 Å². The van der Waals surface area contributed by atoms with Gasteiger partial charge in [0, 0.05) is 19.0 Å². The number of aryl methyl sites for hydroxylation is 2. The van der Waals surface area contributed by atoms with Gasteiger partial charge in [-0.2, -0.15) is 0 Å². The van der Waals surface area contributed by atoms with Gasteiger partial charge in [-0.05, 0) is 26.0 Å². The summed E-state index contributed by atoms with van der Waals surface area (Å²) in [4.78, 5) is 11.7. The molecule has 2 amide bonds. The van der Waals surface area contributed by atoms with E-state index in [1.54, 1.807) is 25.1 Å². The maximum atomic E-state index is 12.0. The number of benzene rings is 1. The van der Waals surface area contributed by atoms with Crippen molar-refractivity contribution in [1.82, 2.24) is 15.2 Å². The smallest absolute Gasteiger partial charge is 0.328 e. The Morgan fingerprint density at radius 1 is 1.23 bits per heavy atom. The van der Waals surface area contributed by atoms with Crippen molar-refractivity contribution >= 4 is 16.1 Å². The monoisotopic (exact) mass is 323 g/mol. The van der Waals surface area contributed by atoms with E-state index in [-0.39, 0.29) is 11.4 Å². The van der Waals surface area contributed by atoms with Crippen LogP contribution in [-0.4, -0.2) is 26.2 Å². The second kappa shape index (κ2) is 6.61. The topological polar surface area (TPSA) is 101 Å². The molecule has 0 aliphatic rings. The molecular weight excluding hydrogens is 306 g/mol. The summed E-state index contributed by atoms with van der Waals surface area (Å²) in [6.07, 6.45) is 0.454. The molecule has 0 aliphatic carbocycles. The number of rotatable bonds is 5. The number of urea groups is 1. The molecular formula is C14H17N3O4S. The van der Waals surface area contributed by atoms with Crippen LogP contribution in [0.4, 0.5) is 4.79 Å². The number of nitrogens with one attached hydrogen (secondary N) is 2. The van der Waals surface area contributed by atoms with Crippen molar-refractivity contribution < 1.29 is 17.7 Å². The van der Waals surface area contributed by atoms with Gasteiger partial charge in [0.2, 0.25) is 0 Å². The lowest BCUT2D eigenvalue weighted by Crippen LogP contribution is -2.40. The van der Waals surface area contributed by atoms with E-state index in [1.165, 1.54) is 12.1 Å². The standard InChI is InChI=1S/C14H17N3O4S/c1-10-3-5-13(6-4-10)22(19,20)17-14(18)15-8-7-12-9-11(2)21-16-12/h3-6,9H,7-8H2,1-2H3,(H2,15,17,18). The van der Waals surface area contributed by atoms with E-state index in [0.29, 0.717) is 17.9 Å². The van der Waals surface area contributed by atoms with Crippen LogP contribution in [0.1, 0.15) is 17.0 Å². The van der Waals surface area contributed by atoms with Crippen molar-refractivity contribution in [3.63, 3.8) is 0 Å². The lowest BCUT2D eigenvalue weighted by Gasteiger charge is -2.08. The fourth-order valence-corrected chi connectivity index (χ4v) is 2.70. The number of carbonyl (C=O) groups is 1. The molecule has 7 nitrogen and oxygen atoms in total. The molecule has 0 spiro atoms. The van der Waals surface area contributed by atoms with Crippen LogP contribution in [0.2, 0.25) is 0 Å². The van der Waals surface area contributed by atoms with Gasteiger partial charge in [-0.3, -0.25) is 0 Å². The predicted octanol–water partition coefficient (Wildman–Crippen LogP) is 1.52. The molecule has 8 heteroatoms. The normalized spacial score (nSPS) is 11.2. The van der Waals surface area contributed by atoms with Gasteiger partial charge in [0.25, 0.3) is 10.0 Å². The number of carbonyl (C=O) groups excluding carboxylic acids is 1. The number of nitrogens with zero attached hydrogens (tertiary/aromatic N) is 1. The summed E-state index contributed by atoms with van der Waals surface area (Å²) in [7, 11) is -3.86. The van der Waals surface area contributed by atoms with Crippen molar-refractivity contribution in [2.75, 3.05) is 6.54 Å². The first-order valence-electron chi connectivity index (χ1n) is 6.66. The van der Waals surface area contributed by atoms with E-state index >= 15 is 0 Å². The molecule has 2 N–H and O–H groups in total. The van der Waals surface area contributed by atoms with Crippen LogP contribution in [-0.2, 0) is 16.4 Å². The molecule has 0 unspecified atom stereocenters. The number of sulfonamides is 1. The second-order valence-electron chi connectivity index (χ2n) is 4.85. The van der Waals surface area contributed by atoms with Crippen LogP contribution in [0, 0.1) is 13.8 Å². The van der Waals surface area contributed by atoms with Gasteiger partial charge in [-0.15, -0.1) is 0 Å². The molecule has 22 heavy (non-hydrogen) atoms. The molecule has 0 fully saturated rings. The largest absolute Gasteiger partial charge is 0.361 e. The van der Waals surface area contributed by atoms with Gasteiger partial charge in [-0.25, -0.2) is 17.9 Å². The molecule has 0 aliphatic heterocycles. The van der Waals surface area contributed by atoms with E-state index in [9.17, 15) is 13.2 Å². The van der Waals surface area contributed by atoms with Gasteiger partial charge >= 0.3 is 6.03 Å². The highest BCUT2D eigenvalue weighted by Gasteiger charge is 2.16. The Kier molecular flexibility index (Phi) is 4.81. The minimum Gasteiger partial charge on any atom is -0.361 e. The summed E-state index contributed by atoms with van der Waals surface area (Å²) < 4.78 is 30.8. The van der Waals surface area contributed by atoms with Gasteiger partial charge in [0.1, 0.15) is 5.76 Å². The summed E-state index contributed by atoms with van der Waals surface area (Å²) in [5.41, 5.74) is 1.63. The minimum absolute atomic E-state index is 0.0420. The van der Waals surface area contributed by atoms with Gasteiger partial charge in [0.05, 0.1) is 10.6 Å². The number of aromatic nitrogens is 1. The van der Waals surface area contributed by atoms with Gasteiger partial charge in [-0.1, -0.05) is 22.9 Å². The SMILES string of the molecule is Cc1ccc(S(=O)(=O)NC(=O)NCCc2cc(C)on2)cc1. The molecule has 0 bridgehead atoms. The van der Waals surface area contributed by atoms with Crippen LogP contribution >= 0.6 is 0 Å². The highest BCUT2D eigenvalue weighted by molar-refractivity contribution is 7.90. The van der Waals surface area contributed by atoms with Crippen molar-refractivity contribution in [2.24, 2.45) is 0 Å². The molecule has 0 atom stereocenters. The third-order valence-corrected chi connectivity index (χ3v) is 4.25. The summed E-state index contributed by atoms with van der Waals surface area (Å²) >= 11 is 0. The maximum Gasteiger partial charge on any atom is 0.328 e. The van der Waals surface area contributed by atoms with Crippen molar-refractivity contribution in [1.29, 1.82) is 0 Å². The third-order valence-electron chi connectivity index (χ3n) is 2.90. The zero-order valence-corrected chi connectivity index (χ0v) is 13.1. The fraction of sp³-hybridized carbons (Fsp3) is 0.286. The molecule has 0 saturated carbocycles. The molecule has 0 radical (unpaired) electrons. The Labute approximate surface area is 128 Å². The third kappa shape index (κ3) is 4.32. The average Bonchev–Trinajstić information content (AvgIpc) is 2.84. The highest BCUT2D eigenvalue weighted by atomic mass is 32.2. The van der Waals surface area contributed by atoms with Gasteiger partial charge < -0.3 is 9.84 Å². The lowest BCUT2D eigenvalue weighted by atomic mass is 10.2.